The molecule has 0 aromatic carbocycles. The molecule has 0 radical (unpaired) electrons. The maximum Gasteiger partial charge on any atom is 0.185 e. The molecule has 0 aromatic rings. The van der Waals surface area contributed by atoms with Crippen molar-refractivity contribution in [1.29, 1.82) is 0 Å². The van der Waals surface area contributed by atoms with E-state index in [-0.39, 0.29) is 24.8 Å². The minimum absolute atomic E-state index is 0.184. The van der Waals surface area contributed by atoms with Crippen molar-refractivity contribution in [2.45, 2.75) is 82.6 Å². The third kappa shape index (κ3) is 4.13. The fourth-order valence-corrected chi connectivity index (χ4v) is 2.90. The van der Waals surface area contributed by atoms with Crippen molar-refractivity contribution < 1.29 is 19.7 Å². The number of hydrogen-bond acceptors (Lipinski definition) is 5. The van der Waals surface area contributed by atoms with E-state index in [1.807, 2.05) is 13.8 Å². The SMILES string of the molecule is CC(C)N[C@@H]1[C@@H](O)[C@@H](OC2CCCCC2)OC[C@H]1O. The van der Waals surface area contributed by atoms with Gasteiger partial charge in [0.1, 0.15) is 6.10 Å². The minimum atomic E-state index is -0.826. The van der Waals surface area contributed by atoms with Gasteiger partial charge in [-0.2, -0.15) is 0 Å². The maximum absolute atomic E-state index is 10.3. The number of rotatable bonds is 4. The van der Waals surface area contributed by atoms with Gasteiger partial charge in [0.05, 0.1) is 24.9 Å². The van der Waals surface area contributed by atoms with Crippen LogP contribution in [-0.4, -0.2) is 53.5 Å². The van der Waals surface area contributed by atoms with Gasteiger partial charge in [0.15, 0.2) is 6.29 Å². The van der Waals surface area contributed by atoms with Gasteiger partial charge in [-0.25, -0.2) is 0 Å². The highest BCUT2D eigenvalue weighted by atomic mass is 16.7. The van der Waals surface area contributed by atoms with Gasteiger partial charge in [0.25, 0.3) is 0 Å². The van der Waals surface area contributed by atoms with E-state index in [1.54, 1.807) is 0 Å². The van der Waals surface area contributed by atoms with Gasteiger partial charge < -0.3 is 25.0 Å². The smallest absolute Gasteiger partial charge is 0.185 e. The van der Waals surface area contributed by atoms with Crippen molar-refractivity contribution in [3.8, 4) is 0 Å². The van der Waals surface area contributed by atoms with Crippen LogP contribution in [0.25, 0.3) is 0 Å². The maximum atomic E-state index is 10.3. The topological polar surface area (TPSA) is 71.0 Å². The lowest BCUT2D eigenvalue weighted by molar-refractivity contribution is -0.264. The fourth-order valence-electron chi connectivity index (χ4n) is 2.90. The predicted octanol–water partition coefficient (Wildman–Crippen LogP) is 0.780. The van der Waals surface area contributed by atoms with E-state index >= 15 is 0 Å². The summed E-state index contributed by atoms with van der Waals surface area (Å²) < 4.78 is 11.3. The zero-order valence-electron chi connectivity index (χ0n) is 11.9. The summed E-state index contributed by atoms with van der Waals surface area (Å²) in [6.45, 7) is 4.19. The standard InChI is InChI=1S/C14H27NO4/c1-9(2)15-12-11(16)8-18-14(13(12)17)19-10-6-4-3-5-7-10/h9-17H,3-8H2,1-2H3/t11-,12+,13-,14-/m1/s1. The molecule has 3 N–H and O–H groups in total. The summed E-state index contributed by atoms with van der Waals surface area (Å²) in [5, 5.41) is 23.4. The summed E-state index contributed by atoms with van der Waals surface area (Å²) >= 11 is 0. The van der Waals surface area contributed by atoms with Crippen LogP contribution in [0.2, 0.25) is 0 Å². The first-order chi connectivity index (χ1) is 9.08. The molecule has 1 saturated heterocycles. The first-order valence-electron chi connectivity index (χ1n) is 7.47. The average molecular weight is 273 g/mol. The summed E-state index contributed by atoms with van der Waals surface area (Å²) in [5.74, 6) is 0. The number of hydrogen-bond donors (Lipinski definition) is 3. The third-order valence-corrected chi connectivity index (χ3v) is 3.90. The van der Waals surface area contributed by atoms with E-state index in [0.717, 1.165) is 12.8 Å². The number of nitrogens with one attached hydrogen (secondary N) is 1. The van der Waals surface area contributed by atoms with Gasteiger partial charge in [-0.05, 0) is 12.8 Å². The largest absolute Gasteiger partial charge is 0.389 e. The summed E-state index contributed by atoms with van der Waals surface area (Å²) in [6.07, 6.45) is 3.76. The monoisotopic (exact) mass is 273 g/mol. The minimum Gasteiger partial charge on any atom is -0.389 e. The van der Waals surface area contributed by atoms with E-state index in [9.17, 15) is 10.2 Å². The Morgan fingerprint density at radius 1 is 1.16 bits per heavy atom. The van der Waals surface area contributed by atoms with Crippen molar-refractivity contribution >= 4 is 0 Å². The first-order valence-corrected chi connectivity index (χ1v) is 7.47. The van der Waals surface area contributed by atoms with Gasteiger partial charge in [-0.1, -0.05) is 33.1 Å². The Morgan fingerprint density at radius 2 is 1.84 bits per heavy atom. The van der Waals surface area contributed by atoms with Gasteiger partial charge >= 0.3 is 0 Å². The normalized spacial score (nSPS) is 37.7. The summed E-state index contributed by atoms with van der Waals surface area (Å²) in [4.78, 5) is 0. The molecule has 4 atom stereocenters. The molecule has 5 nitrogen and oxygen atoms in total. The zero-order valence-corrected chi connectivity index (χ0v) is 11.9. The van der Waals surface area contributed by atoms with Gasteiger partial charge in [0, 0.05) is 6.04 Å². The second-order valence-corrected chi connectivity index (χ2v) is 6.00. The summed E-state index contributed by atoms with van der Waals surface area (Å²) in [7, 11) is 0. The van der Waals surface area contributed by atoms with Gasteiger partial charge in [-0.15, -0.1) is 0 Å². The van der Waals surface area contributed by atoms with Crippen LogP contribution >= 0.6 is 0 Å². The second kappa shape index (κ2) is 6.99. The van der Waals surface area contributed by atoms with Crippen LogP contribution in [0.3, 0.4) is 0 Å². The van der Waals surface area contributed by atoms with E-state index in [1.165, 1.54) is 19.3 Å². The molecule has 1 saturated carbocycles. The van der Waals surface area contributed by atoms with Crippen LogP contribution < -0.4 is 5.32 Å². The molecule has 0 amide bonds. The second-order valence-electron chi connectivity index (χ2n) is 6.00. The highest BCUT2D eigenvalue weighted by Gasteiger charge is 2.40. The molecule has 0 bridgehead atoms. The predicted molar refractivity (Wildman–Crippen MR) is 71.8 cm³/mol. The Balaban J connectivity index is 1.89. The molecular weight excluding hydrogens is 246 g/mol. The molecule has 1 aliphatic heterocycles. The zero-order chi connectivity index (χ0) is 13.8. The van der Waals surface area contributed by atoms with Crippen LogP contribution in [0.1, 0.15) is 46.0 Å². The third-order valence-electron chi connectivity index (χ3n) is 3.90. The molecule has 0 spiro atoms. The lowest BCUT2D eigenvalue weighted by Gasteiger charge is -2.40. The fraction of sp³-hybridized carbons (Fsp3) is 1.00. The molecule has 2 fully saturated rings. The van der Waals surface area contributed by atoms with Crippen molar-refractivity contribution in [3.63, 3.8) is 0 Å². The molecular formula is C14H27NO4. The Labute approximate surface area is 115 Å². The molecule has 2 rings (SSSR count). The van der Waals surface area contributed by atoms with E-state index in [4.69, 9.17) is 9.47 Å². The molecule has 1 aliphatic carbocycles. The molecule has 0 aromatic heterocycles. The lowest BCUT2D eigenvalue weighted by Crippen LogP contribution is -2.61. The lowest BCUT2D eigenvalue weighted by atomic mass is 9.97. The van der Waals surface area contributed by atoms with E-state index < -0.39 is 18.5 Å². The Kier molecular flexibility index (Phi) is 5.59. The Bertz CT molecular complexity index is 268. The van der Waals surface area contributed by atoms with Gasteiger partial charge in [-0.3, -0.25) is 0 Å². The highest BCUT2D eigenvalue weighted by Crippen LogP contribution is 2.25. The number of aliphatic hydroxyl groups is 2. The highest BCUT2D eigenvalue weighted by molar-refractivity contribution is 4.90. The van der Waals surface area contributed by atoms with Crippen molar-refractivity contribution in [3.05, 3.63) is 0 Å². The molecule has 19 heavy (non-hydrogen) atoms. The van der Waals surface area contributed by atoms with Crippen molar-refractivity contribution in [2.75, 3.05) is 6.61 Å². The average Bonchev–Trinajstić information content (AvgIpc) is 2.39. The van der Waals surface area contributed by atoms with Crippen LogP contribution in [-0.2, 0) is 9.47 Å². The summed E-state index contributed by atoms with van der Waals surface area (Å²) in [6, 6.07) is -0.190. The molecule has 1 heterocycles. The van der Waals surface area contributed by atoms with Crippen LogP contribution in [0.5, 0.6) is 0 Å². The van der Waals surface area contributed by atoms with Crippen LogP contribution in [0, 0.1) is 0 Å². The quantitative estimate of drug-likeness (QED) is 0.706. The van der Waals surface area contributed by atoms with Crippen molar-refractivity contribution in [2.24, 2.45) is 0 Å². The molecule has 2 aliphatic rings. The molecule has 0 unspecified atom stereocenters. The van der Waals surface area contributed by atoms with Crippen molar-refractivity contribution in [1.82, 2.24) is 5.32 Å². The Hall–Kier alpha value is -0.200. The van der Waals surface area contributed by atoms with Crippen LogP contribution in [0.15, 0.2) is 0 Å². The van der Waals surface area contributed by atoms with Gasteiger partial charge in [0.2, 0.25) is 0 Å². The first kappa shape index (κ1) is 15.2. The number of aliphatic hydroxyl groups excluding tert-OH is 2. The van der Waals surface area contributed by atoms with Crippen LogP contribution in [0.4, 0.5) is 0 Å². The Morgan fingerprint density at radius 3 is 2.47 bits per heavy atom. The summed E-state index contributed by atoms with van der Waals surface area (Å²) in [5.41, 5.74) is 0. The molecule has 5 heteroatoms. The number of ether oxygens (including phenoxy) is 2. The molecule has 112 valence electrons. The van der Waals surface area contributed by atoms with E-state index in [2.05, 4.69) is 5.32 Å². The van der Waals surface area contributed by atoms with E-state index in [0.29, 0.717) is 0 Å².